The van der Waals surface area contributed by atoms with Crippen LogP contribution in [0, 0.1) is 11.8 Å². The van der Waals surface area contributed by atoms with Gasteiger partial charge in [0.25, 0.3) is 0 Å². The third kappa shape index (κ3) is 5.19. The fraction of sp³-hybridized carbons (Fsp3) is 0.929. The van der Waals surface area contributed by atoms with E-state index in [1.165, 1.54) is 12.8 Å². The number of hydrogen-bond donors (Lipinski definition) is 1. The van der Waals surface area contributed by atoms with E-state index < -0.39 is 0 Å². The van der Waals surface area contributed by atoms with Gasteiger partial charge in [0.1, 0.15) is 0 Å². The lowest BCUT2D eigenvalue weighted by atomic mass is 9.87. The molecule has 4 heteroatoms. The average molecular weight is 273 g/mol. The predicted octanol–water partition coefficient (Wildman–Crippen LogP) is 2.39. The second-order valence-corrected chi connectivity index (χ2v) is 6.75. The van der Waals surface area contributed by atoms with Gasteiger partial charge < -0.3 is 10.0 Å². The maximum Gasteiger partial charge on any atom is 0.232 e. The summed E-state index contributed by atoms with van der Waals surface area (Å²) in [5, 5.41) is 8.93. The van der Waals surface area contributed by atoms with Crippen molar-refractivity contribution in [3.63, 3.8) is 0 Å². The Hall–Kier alpha value is -0.220. The van der Waals surface area contributed by atoms with Crippen LogP contribution in [0.1, 0.15) is 39.5 Å². The Morgan fingerprint density at radius 3 is 2.56 bits per heavy atom. The zero-order chi connectivity index (χ0) is 13.5. The molecule has 0 aromatic rings. The summed E-state index contributed by atoms with van der Waals surface area (Å²) in [7, 11) is 1.94. The first-order valence-corrected chi connectivity index (χ1v) is 8.14. The summed E-state index contributed by atoms with van der Waals surface area (Å²) in [5.74, 6) is 2.75. The molecule has 0 radical (unpaired) electrons. The molecule has 0 bridgehead atoms. The van der Waals surface area contributed by atoms with Gasteiger partial charge >= 0.3 is 0 Å². The molecule has 1 N–H and O–H groups in total. The lowest BCUT2D eigenvalue weighted by Gasteiger charge is -2.33. The first-order valence-electron chi connectivity index (χ1n) is 6.98. The highest BCUT2D eigenvalue weighted by Gasteiger charge is 2.24. The third-order valence-corrected chi connectivity index (χ3v) is 5.12. The maximum atomic E-state index is 12.0. The van der Waals surface area contributed by atoms with E-state index in [9.17, 15) is 4.79 Å². The predicted molar refractivity (Wildman–Crippen MR) is 77.8 cm³/mol. The Bertz CT molecular complexity index is 252. The van der Waals surface area contributed by atoms with E-state index in [0.29, 0.717) is 11.8 Å². The number of amides is 1. The standard InChI is InChI=1S/C14H27NO2S/c1-11-4-6-13(7-5-11)15(3)14(17)10-18-9-12(2)8-16/h11-13,16H,4-10H2,1-3H3. The molecular formula is C14H27NO2S. The number of aliphatic hydroxyl groups excluding tert-OH is 1. The van der Waals surface area contributed by atoms with E-state index in [2.05, 4.69) is 6.92 Å². The molecule has 0 saturated heterocycles. The lowest BCUT2D eigenvalue weighted by molar-refractivity contribution is -0.129. The number of aliphatic hydroxyl groups is 1. The van der Waals surface area contributed by atoms with Crippen molar-refractivity contribution in [1.29, 1.82) is 0 Å². The van der Waals surface area contributed by atoms with E-state index in [-0.39, 0.29) is 18.4 Å². The Kier molecular flexibility index (Phi) is 7.08. The number of nitrogens with zero attached hydrogens (tertiary/aromatic N) is 1. The van der Waals surface area contributed by atoms with Crippen LogP contribution in [0.3, 0.4) is 0 Å². The van der Waals surface area contributed by atoms with Crippen molar-refractivity contribution in [3.05, 3.63) is 0 Å². The maximum absolute atomic E-state index is 12.0. The third-order valence-electron chi connectivity index (χ3n) is 3.87. The normalized spacial score (nSPS) is 25.8. The van der Waals surface area contributed by atoms with Gasteiger partial charge in [-0.3, -0.25) is 4.79 Å². The molecule has 0 aliphatic heterocycles. The van der Waals surface area contributed by atoms with Crippen molar-refractivity contribution in [2.24, 2.45) is 11.8 Å². The van der Waals surface area contributed by atoms with Crippen molar-refractivity contribution in [2.45, 2.75) is 45.6 Å². The van der Waals surface area contributed by atoms with Gasteiger partial charge in [0, 0.05) is 19.7 Å². The number of hydrogen-bond acceptors (Lipinski definition) is 3. The van der Waals surface area contributed by atoms with E-state index in [1.807, 2.05) is 18.9 Å². The highest BCUT2D eigenvalue weighted by molar-refractivity contribution is 7.99. The Balaban J connectivity index is 2.24. The van der Waals surface area contributed by atoms with Crippen LogP contribution in [0.5, 0.6) is 0 Å². The average Bonchev–Trinajstić information content (AvgIpc) is 2.38. The summed E-state index contributed by atoms with van der Waals surface area (Å²) in [6, 6.07) is 0.449. The van der Waals surface area contributed by atoms with Crippen molar-refractivity contribution in [1.82, 2.24) is 4.90 Å². The quantitative estimate of drug-likeness (QED) is 0.808. The van der Waals surface area contributed by atoms with E-state index >= 15 is 0 Å². The number of carbonyl (C=O) groups excluding carboxylic acids is 1. The lowest BCUT2D eigenvalue weighted by Crippen LogP contribution is -2.40. The molecule has 106 valence electrons. The highest BCUT2D eigenvalue weighted by atomic mass is 32.2. The molecule has 1 fully saturated rings. The van der Waals surface area contributed by atoms with Crippen LogP contribution >= 0.6 is 11.8 Å². The molecule has 1 amide bonds. The van der Waals surface area contributed by atoms with Crippen LogP contribution in [-0.2, 0) is 4.79 Å². The SMILES string of the molecule is CC1CCC(N(C)C(=O)CSCC(C)CO)CC1. The molecule has 1 aliphatic rings. The first kappa shape index (κ1) is 15.8. The Morgan fingerprint density at radius 2 is 2.00 bits per heavy atom. The fourth-order valence-electron chi connectivity index (χ4n) is 2.34. The van der Waals surface area contributed by atoms with Crippen LogP contribution in [0.2, 0.25) is 0 Å². The molecule has 1 saturated carbocycles. The summed E-state index contributed by atoms with van der Waals surface area (Å²) in [6.07, 6.45) is 4.80. The molecule has 1 atom stereocenters. The fourth-order valence-corrected chi connectivity index (χ4v) is 3.34. The van der Waals surface area contributed by atoms with Crippen LogP contribution in [0.25, 0.3) is 0 Å². The minimum atomic E-state index is 0.206. The Labute approximate surface area is 115 Å². The molecule has 3 nitrogen and oxygen atoms in total. The second kappa shape index (κ2) is 8.05. The van der Waals surface area contributed by atoms with Gasteiger partial charge in [-0.05, 0) is 43.3 Å². The van der Waals surface area contributed by atoms with Crippen LogP contribution < -0.4 is 0 Å². The van der Waals surface area contributed by atoms with Gasteiger partial charge in [-0.15, -0.1) is 0 Å². The van der Waals surface area contributed by atoms with Gasteiger partial charge in [-0.2, -0.15) is 11.8 Å². The zero-order valence-corrected chi connectivity index (χ0v) is 12.7. The number of rotatable bonds is 6. The molecule has 18 heavy (non-hydrogen) atoms. The summed E-state index contributed by atoms with van der Waals surface area (Å²) in [6.45, 7) is 4.51. The second-order valence-electron chi connectivity index (χ2n) is 5.72. The van der Waals surface area contributed by atoms with E-state index in [4.69, 9.17) is 5.11 Å². The minimum Gasteiger partial charge on any atom is -0.396 e. The van der Waals surface area contributed by atoms with Gasteiger partial charge in [0.15, 0.2) is 0 Å². The van der Waals surface area contributed by atoms with Crippen molar-refractivity contribution in [2.75, 3.05) is 25.2 Å². The summed E-state index contributed by atoms with van der Waals surface area (Å²) < 4.78 is 0. The molecule has 1 rings (SSSR count). The van der Waals surface area contributed by atoms with Crippen molar-refractivity contribution < 1.29 is 9.90 Å². The first-order chi connectivity index (χ1) is 8.54. The molecule has 0 spiro atoms. The van der Waals surface area contributed by atoms with Crippen LogP contribution in [0.4, 0.5) is 0 Å². The van der Waals surface area contributed by atoms with Crippen molar-refractivity contribution in [3.8, 4) is 0 Å². The summed E-state index contributed by atoms with van der Waals surface area (Å²) >= 11 is 1.64. The molecule has 0 aromatic heterocycles. The van der Waals surface area contributed by atoms with Crippen LogP contribution in [-0.4, -0.2) is 47.1 Å². The Morgan fingerprint density at radius 1 is 1.39 bits per heavy atom. The van der Waals surface area contributed by atoms with Crippen LogP contribution in [0.15, 0.2) is 0 Å². The van der Waals surface area contributed by atoms with Gasteiger partial charge in [0.05, 0.1) is 5.75 Å². The molecule has 1 aliphatic carbocycles. The molecule has 0 aromatic carbocycles. The number of thioether (sulfide) groups is 1. The van der Waals surface area contributed by atoms with E-state index in [1.54, 1.807) is 11.8 Å². The topological polar surface area (TPSA) is 40.5 Å². The molecular weight excluding hydrogens is 246 g/mol. The van der Waals surface area contributed by atoms with Crippen molar-refractivity contribution >= 4 is 17.7 Å². The monoisotopic (exact) mass is 273 g/mol. The molecule has 0 heterocycles. The van der Waals surface area contributed by atoms with E-state index in [0.717, 1.165) is 24.5 Å². The van der Waals surface area contributed by atoms with Gasteiger partial charge in [0.2, 0.25) is 5.91 Å². The smallest absolute Gasteiger partial charge is 0.232 e. The zero-order valence-electron chi connectivity index (χ0n) is 11.9. The van der Waals surface area contributed by atoms with Gasteiger partial charge in [-0.1, -0.05) is 13.8 Å². The summed E-state index contributed by atoms with van der Waals surface area (Å²) in [5.41, 5.74) is 0. The highest BCUT2D eigenvalue weighted by Crippen LogP contribution is 2.26. The largest absolute Gasteiger partial charge is 0.396 e. The van der Waals surface area contributed by atoms with Gasteiger partial charge in [-0.25, -0.2) is 0 Å². The number of carbonyl (C=O) groups is 1. The minimum absolute atomic E-state index is 0.206. The summed E-state index contributed by atoms with van der Waals surface area (Å²) in [4.78, 5) is 14.0. The molecule has 1 unspecified atom stereocenters.